The molecule has 0 aliphatic heterocycles. The fraction of sp³-hybridized carbons (Fsp3) is 0.632. The Labute approximate surface area is 157 Å². The first-order chi connectivity index (χ1) is 12.4. The highest BCUT2D eigenvalue weighted by atomic mass is 32.2. The minimum atomic E-state index is -3.53. The highest BCUT2D eigenvalue weighted by Gasteiger charge is 2.29. The maximum Gasteiger partial charge on any atom is 0.253 e. The molecule has 0 aromatic heterocycles. The molecule has 0 radical (unpaired) electrons. The summed E-state index contributed by atoms with van der Waals surface area (Å²) in [5, 5.41) is 0. The monoisotopic (exact) mass is 382 g/mol. The Hall–Kier alpha value is -1.44. The molecule has 7 heteroatoms. The van der Waals surface area contributed by atoms with Crippen LogP contribution in [0.5, 0.6) is 0 Å². The first kappa shape index (κ1) is 20.9. The summed E-state index contributed by atoms with van der Waals surface area (Å²) in [6.07, 6.45) is 5.92. The number of carbonyl (C=O) groups is 1. The van der Waals surface area contributed by atoms with Gasteiger partial charge in [-0.15, -0.1) is 0 Å². The number of sulfonamides is 1. The van der Waals surface area contributed by atoms with Crippen molar-refractivity contribution in [3.8, 4) is 0 Å². The van der Waals surface area contributed by atoms with Crippen LogP contribution in [0.4, 0.5) is 0 Å². The van der Waals surface area contributed by atoms with Crippen molar-refractivity contribution < 1.29 is 17.9 Å². The van der Waals surface area contributed by atoms with Crippen LogP contribution in [0.2, 0.25) is 0 Å². The third-order valence-electron chi connectivity index (χ3n) is 5.06. The van der Waals surface area contributed by atoms with E-state index in [0.29, 0.717) is 18.7 Å². The van der Waals surface area contributed by atoms with Crippen molar-refractivity contribution in [1.82, 2.24) is 9.21 Å². The van der Waals surface area contributed by atoms with Gasteiger partial charge in [-0.3, -0.25) is 4.79 Å². The Morgan fingerprint density at radius 2 is 1.73 bits per heavy atom. The van der Waals surface area contributed by atoms with Crippen LogP contribution >= 0.6 is 0 Å². The summed E-state index contributed by atoms with van der Waals surface area (Å²) in [4.78, 5) is 14.3. The molecule has 0 unspecified atom stereocenters. The molecule has 2 rings (SSSR count). The standard InChI is InChI=1S/C19H30N2O4S/c1-20(14-7-15-25-3)19(22)16-10-12-18(13-11-16)26(23,24)21(2)17-8-5-4-6-9-17/h10-13,17H,4-9,14-15H2,1-3H3. The number of rotatable bonds is 8. The molecule has 1 amide bonds. The van der Waals surface area contributed by atoms with Crippen LogP contribution in [0.1, 0.15) is 48.9 Å². The molecule has 0 saturated heterocycles. The molecule has 0 heterocycles. The molecule has 0 bridgehead atoms. The number of ether oxygens (including phenoxy) is 1. The molecule has 1 aromatic carbocycles. The maximum atomic E-state index is 12.8. The normalized spacial score (nSPS) is 16.0. The molecule has 0 atom stereocenters. The Balaban J connectivity index is 2.06. The summed E-state index contributed by atoms with van der Waals surface area (Å²) < 4.78 is 32.2. The molecule has 1 fully saturated rings. The van der Waals surface area contributed by atoms with E-state index >= 15 is 0 Å². The lowest BCUT2D eigenvalue weighted by Gasteiger charge is -2.30. The quantitative estimate of drug-likeness (QED) is 0.649. The van der Waals surface area contributed by atoms with Gasteiger partial charge in [0.15, 0.2) is 0 Å². The predicted molar refractivity (Wildman–Crippen MR) is 102 cm³/mol. The zero-order chi connectivity index (χ0) is 19.2. The van der Waals surface area contributed by atoms with Crippen LogP contribution in [0, 0.1) is 0 Å². The lowest BCUT2D eigenvalue weighted by molar-refractivity contribution is 0.0779. The average molecular weight is 383 g/mol. The highest BCUT2D eigenvalue weighted by Crippen LogP contribution is 2.26. The average Bonchev–Trinajstić information content (AvgIpc) is 2.67. The Bertz CT molecular complexity index is 682. The summed E-state index contributed by atoms with van der Waals surface area (Å²) in [6.45, 7) is 1.19. The minimum absolute atomic E-state index is 0.0713. The van der Waals surface area contributed by atoms with Gasteiger partial charge in [-0.1, -0.05) is 19.3 Å². The van der Waals surface area contributed by atoms with E-state index in [2.05, 4.69) is 0 Å². The van der Waals surface area contributed by atoms with Gasteiger partial charge in [0.1, 0.15) is 0 Å². The Kier molecular flexibility index (Phi) is 7.61. The van der Waals surface area contributed by atoms with Gasteiger partial charge in [0.2, 0.25) is 10.0 Å². The van der Waals surface area contributed by atoms with Crippen molar-refractivity contribution in [2.75, 3.05) is 34.4 Å². The van der Waals surface area contributed by atoms with Gasteiger partial charge in [-0.05, 0) is 43.5 Å². The summed E-state index contributed by atoms with van der Waals surface area (Å²) in [6, 6.07) is 6.32. The predicted octanol–water partition coefficient (Wildman–Crippen LogP) is 2.75. The van der Waals surface area contributed by atoms with E-state index in [-0.39, 0.29) is 16.8 Å². The van der Waals surface area contributed by atoms with Gasteiger partial charge in [0.05, 0.1) is 4.90 Å². The number of amides is 1. The zero-order valence-corrected chi connectivity index (χ0v) is 16.8. The largest absolute Gasteiger partial charge is 0.385 e. The summed E-state index contributed by atoms with van der Waals surface area (Å²) >= 11 is 0. The molecule has 1 aliphatic rings. The summed E-state index contributed by atoms with van der Waals surface area (Å²) in [7, 11) is 1.50. The number of hydrogen-bond acceptors (Lipinski definition) is 4. The number of hydrogen-bond donors (Lipinski definition) is 0. The van der Waals surface area contributed by atoms with Crippen LogP contribution in [-0.4, -0.2) is 63.9 Å². The van der Waals surface area contributed by atoms with Crippen molar-refractivity contribution in [1.29, 1.82) is 0 Å². The summed E-state index contributed by atoms with van der Waals surface area (Å²) in [5.74, 6) is -0.120. The number of carbonyl (C=O) groups excluding carboxylic acids is 1. The van der Waals surface area contributed by atoms with E-state index in [1.807, 2.05) is 0 Å². The van der Waals surface area contributed by atoms with E-state index in [0.717, 1.165) is 32.1 Å². The third-order valence-corrected chi connectivity index (χ3v) is 6.98. The Morgan fingerprint density at radius 3 is 2.31 bits per heavy atom. The Morgan fingerprint density at radius 1 is 1.12 bits per heavy atom. The maximum absolute atomic E-state index is 12.8. The molecule has 1 saturated carbocycles. The van der Waals surface area contributed by atoms with Crippen LogP contribution in [0.15, 0.2) is 29.2 Å². The van der Waals surface area contributed by atoms with E-state index in [1.54, 1.807) is 38.2 Å². The SMILES string of the molecule is COCCCN(C)C(=O)c1ccc(S(=O)(=O)N(C)C2CCCCC2)cc1. The lowest BCUT2D eigenvalue weighted by Crippen LogP contribution is -2.38. The summed E-state index contributed by atoms with van der Waals surface area (Å²) in [5.41, 5.74) is 0.490. The molecule has 146 valence electrons. The van der Waals surface area contributed by atoms with E-state index in [1.165, 1.54) is 22.9 Å². The van der Waals surface area contributed by atoms with Crippen molar-refractivity contribution in [2.45, 2.75) is 49.5 Å². The molecule has 0 spiro atoms. The highest BCUT2D eigenvalue weighted by molar-refractivity contribution is 7.89. The number of methoxy groups -OCH3 is 1. The van der Waals surface area contributed by atoms with Gasteiger partial charge in [0.25, 0.3) is 5.91 Å². The van der Waals surface area contributed by atoms with Gasteiger partial charge in [-0.2, -0.15) is 4.31 Å². The second kappa shape index (κ2) is 9.48. The minimum Gasteiger partial charge on any atom is -0.385 e. The third kappa shape index (κ3) is 5.05. The van der Waals surface area contributed by atoms with Gasteiger partial charge >= 0.3 is 0 Å². The van der Waals surface area contributed by atoms with Crippen LogP contribution < -0.4 is 0 Å². The second-order valence-electron chi connectivity index (χ2n) is 6.91. The number of benzene rings is 1. The van der Waals surface area contributed by atoms with Crippen molar-refractivity contribution in [3.05, 3.63) is 29.8 Å². The van der Waals surface area contributed by atoms with E-state index in [9.17, 15) is 13.2 Å². The lowest BCUT2D eigenvalue weighted by atomic mass is 9.96. The second-order valence-corrected chi connectivity index (χ2v) is 8.91. The van der Waals surface area contributed by atoms with Gasteiger partial charge < -0.3 is 9.64 Å². The molecular weight excluding hydrogens is 352 g/mol. The first-order valence-electron chi connectivity index (χ1n) is 9.20. The fourth-order valence-corrected chi connectivity index (χ4v) is 4.76. The van der Waals surface area contributed by atoms with Gasteiger partial charge in [-0.25, -0.2) is 8.42 Å². The van der Waals surface area contributed by atoms with E-state index in [4.69, 9.17) is 4.74 Å². The zero-order valence-electron chi connectivity index (χ0n) is 16.0. The molecular formula is C19H30N2O4S. The van der Waals surface area contributed by atoms with Crippen LogP contribution in [-0.2, 0) is 14.8 Å². The van der Waals surface area contributed by atoms with E-state index < -0.39 is 10.0 Å². The molecule has 1 aliphatic carbocycles. The van der Waals surface area contributed by atoms with Crippen molar-refractivity contribution in [3.63, 3.8) is 0 Å². The van der Waals surface area contributed by atoms with Crippen LogP contribution in [0.25, 0.3) is 0 Å². The van der Waals surface area contributed by atoms with Gasteiger partial charge in [0, 0.05) is 46.0 Å². The van der Waals surface area contributed by atoms with Crippen molar-refractivity contribution in [2.24, 2.45) is 0 Å². The van der Waals surface area contributed by atoms with Crippen molar-refractivity contribution >= 4 is 15.9 Å². The first-order valence-corrected chi connectivity index (χ1v) is 10.6. The molecule has 1 aromatic rings. The molecule has 6 nitrogen and oxygen atoms in total. The molecule has 26 heavy (non-hydrogen) atoms. The van der Waals surface area contributed by atoms with Crippen LogP contribution in [0.3, 0.4) is 0 Å². The topological polar surface area (TPSA) is 66.9 Å². The smallest absolute Gasteiger partial charge is 0.253 e. The number of nitrogens with zero attached hydrogens (tertiary/aromatic N) is 2. The fourth-order valence-electron chi connectivity index (χ4n) is 3.34. The molecule has 0 N–H and O–H groups in total.